The molecule has 0 saturated carbocycles. The summed E-state index contributed by atoms with van der Waals surface area (Å²) in [6.45, 7) is 2.60. The van der Waals surface area contributed by atoms with Crippen molar-refractivity contribution in [2.24, 2.45) is 0 Å². The van der Waals surface area contributed by atoms with Crippen LogP contribution in [0.25, 0.3) is 0 Å². The van der Waals surface area contributed by atoms with Gasteiger partial charge in [0.1, 0.15) is 17.6 Å². The summed E-state index contributed by atoms with van der Waals surface area (Å²) in [6.07, 6.45) is 2.27. The van der Waals surface area contributed by atoms with Crippen LogP contribution >= 0.6 is 22.9 Å². The summed E-state index contributed by atoms with van der Waals surface area (Å²) in [5.74, 6) is 0.683. The molecule has 132 valence electrons. The molecule has 1 saturated heterocycles. The summed E-state index contributed by atoms with van der Waals surface area (Å²) in [7, 11) is 0. The lowest BCUT2D eigenvalue weighted by Crippen LogP contribution is -2.57. The van der Waals surface area contributed by atoms with E-state index >= 15 is 0 Å². The third-order valence-electron chi connectivity index (χ3n) is 4.53. The third-order valence-corrected chi connectivity index (χ3v) is 5.80. The topological polar surface area (TPSA) is 69.5 Å². The van der Waals surface area contributed by atoms with E-state index < -0.39 is 0 Å². The number of halogens is 1. The third kappa shape index (κ3) is 3.20. The minimum Gasteiger partial charge on any atom is -0.468 e. The standard InChI is InChI=1S/C17H19ClN4O2S/c1-10-8-12(13-5-2-6-24-13)20-16-14(18)15(21-22(10)16)17(23)19-9-11-4-3-7-25-11/h2-7,10,12,16,20-21H,8-9H2,1H3,(H,19,23)/t10-,12-,16?/m1/s1. The van der Waals surface area contributed by atoms with Crippen LogP contribution in [0.1, 0.15) is 30.0 Å². The van der Waals surface area contributed by atoms with Crippen LogP contribution < -0.4 is 16.1 Å². The average molecular weight is 379 g/mol. The van der Waals surface area contributed by atoms with Crippen molar-refractivity contribution < 1.29 is 9.21 Å². The van der Waals surface area contributed by atoms with Gasteiger partial charge in [0.2, 0.25) is 0 Å². The Bertz CT molecular complexity index is 775. The SMILES string of the molecule is C[C@@H]1C[C@H](c2ccco2)NC2C(Cl)=C(C(=O)NCc3cccs3)NN21. The zero-order chi connectivity index (χ0) is 17.4. The molecule has 2 aromatic heterocycles. The number of hydrogen-bond acceptors (Lipinski definition) is 6. The molecule has 2 aliphatic rings. The van der Waals surface area contributed by atoms with Crippen molar-refractivity contribution >= 4 is 28.8 Å². The molecule has 3 atom stereocenters. The van der Waals surface area contributed by atoms with Crippen molar-refractivity contribution in [3.05, 3.63) is 57.3 Å². The Labute approximate surface area is 154 Å². The van der Waals surface area contributed by atoms with Crippen molar-refractivity contribution in [1.29, 1.82) is 0 Å². The lowest BCUT2D eigenvalue weighted by Gasteiger charge is -2.40. The molecular formula is C17H19ClN4O2S. The van der Waals surface area contributed by atoms with Gasteiger partial charge in [0.15, 0.2) is 0 Å². The Kier molecular flexibility index (Phi) is 4.56. The summed E-state index contributed by atoms with van der Waals surface area (Å²) < 4.78 is 5.52. The van der Waals surface area contributed by atoms with Gasteiger partial charge in [0.25, 0.3) is 5.91 Å². The molecule has 4 heterocycles. The largest absolute Gasteiger partial charge is 0.468 e. The first-order chi connectivity index (χ1) is 12.1. The number of amides is 1. The molecule has 6 nitrogen and oxygen atoms in total. The van der Waals surface area contributed by atoms with Crippen LogP contribution in [0.15, 0.2) is 51.1 Å². The summed E-state index contributed by atoms with van der Waals surface area (Å²) in [5.41, 5.74) is 3.57. The van der Waals surface area contributed by atoms with Gasteiger partial charge in [-0.15, -0.1) is 11.3 Å². The van der Waals surface area contributed by atoms with E-state index in [9.17, 15) is 4.79 Å². The van der Waals surface area contributed by atoms with Gasteiger partial charge in [0, 0.05) is 10.9 Å². The summed E-state index contributed by atoms with van der Waals surface area (Å²) in [5, 5.41) is 10.8. The van der Waals surface area contributed by atoms with Gasteiger partial charge < -0.3 is 15.2 Å². The average Bonchev–Trinajstić information content (AvgIpc) is 3.35. The molecule has 3 N–H and O–H groups in total. The highest BCUT2D eigenvalue weighted by molar-refractivity contribution is 7.09. The molecule has 2 aliphatic heterocycles. The highest BCUT2D eigenvalue weighted by atomic mass is 35.5. The zero-order valence-electron chi connectivity index (χ0n) is 13.7. The van der Waals surface area contributed by atoms with Crippen LogP contribution in [0.4, 0.5) is 0 Å². The van der Waals surface area contributed by atoms with Crippen LogP contribution in [0, 0.1) is 0 Å². The van der Waals surface area contributed by atoms with Crippen molar-refractivity contribution in [1.82, 2.24) is 21.1 Å². The fourth-order valence-electron chi connectivity index (χ4n) is 3.25. The molecule has 0 aliphatic carbocycles. The second-order valence-electron chi connectivity index (χ2n) is 6.23. The summed E-state index contributed by atoms with van der Waals surface area (Å²) >= 11 is 8.13. The number of rotatable bonds is 4. The summed E-state index contributed by atoms with van der Waals surface area (Å²) in [6, 6.07) is 8.04. The Morgan fingerprint density at radius 1 is 1.48 bits per heavy atom. The first-order valence-corrected chi connectivity index (χ1v) is 9.44. The maximum absolute atomic E-state index is 12.5. The van der Waals surface area contributed by atoms with Crippen molar-refractivity contribution in [3.63, 3.8) is 0 Å². The molecule has 8 heteroatoms. The van der Waals surface area contributed by atoms with E-state index in [1.165, 1.54) is 0 Å². The van der Waals surface area contributed by atoms with Crippen molar-refractivity contribution in [3.8, 4) is 0 Å². The molecule has 0 radical (unpaired) electrons. The highest BCUT2D eigenvalue weighted by Gasteiger charge is 2.43. The molecule has 4 rings (SSSR count). The number of nitrogens with one attached hydrogen (secondary N) is 3. The fourth-order valence-corrected chi connectivity index (χ4v) is 4.19. The van der Waals surface area contributed by atoms with E-state index in [1.54, 1.807) is 17.6 Å². The van der Waals surface area contributed by atoms with Crippen LogP contribution in [0.5, 0.6) is 0 Å². The van der Waals surface area contributed by atoms with Gasteiger partial charge in [-0.2, -0.15) is 5.01 Å². The smallest absolute Gasteiger partial charge is 0.270 e. The first kappa shape index (κ1) is 16.7. The van der Waals surface area contributed by atoms with Gasteiger partial charge in [-0.05, 0) is 36.9 Å². The van der Waals surface area contributed by atoms with Gasteiger partial charge >= 0.3 is 0 Å². The molecule has 0 spiro atoms. The molecule has 1 fully saturated rings. The number of hydrogen-bond donors (Lipinski definition) is 3. The van der Waals surface area contributed by atoms with E-state index in [0.29, 0.717) is 17.3 Å². The van der Waals surface area contributed by atoms with E-state index in [2.05, 4.69) is 23.0 Å². The highest BCUT2D eigenvalue weighted by Crippen LogP contribution is 2.34. The van der Waals surface area contributed by atoms with Crippen molar-refractivity contribution in [2.75, 3.05) is 0 Å². The Morgan fingerprint density at radius 2 is 2.36 bits per heavy atom. The van der Waals surface area contributed by atoms with Crippen molar-refractivity contribution in [2.45, 2.75) is 38.1 Å². The molecule has 2 aromatic rings. The molecule has 0 bridgehead atoms. The second kappa shape index (κ2) is 6.84. The Morgan fingerprint density at radius 3 is 3.08 bits per heavy atom. The number of furan rings is 1. The first-order valence-electron chi connectivity index (χ1n) is 8.18. The van der Waals surface area contributed by atoms with E-state index in [1.807, 2.05) is 34.7 Å². The fraction of sp³-hybridized carbons (Fsp3) is 0.353. The number of carbonyl (C=O) groups is 1. The van der Waals surface area contributed by atoms with E-state index in [-0.39, 0.29) is 24.2 Å². The Balaban J connectivity index is 1.48. The van der Waals surface area contributed by atoms with Gasteiger partial charge in [-0.1, -0.05) is 17.7 Å². The quantitative estimate of drug-likeness (QED) is 0.763. The van der Waals surface area contributed by atoms with E-state index in [0.717, 1.165) is 17.1 Å². The number of fused-ring (bicyclic) bond motifs is 1. The number of hydrazine groups is 1. The number of thiophene rings is 1. The Hall–Kier alpha value is -1.80. The zero-order valence-corrected chi connectivity index (χ0v) is 15.2. The van der Waals surface area contributed by atoms with E-state index in [4.69, 9.17) is 16.0 Å². The maximum atomic E-state index is 12.5. The molecule has 0 aromatic carbocycles. The predicted octanol–water partition coefficient (Wildman–Crippen LogP) is 2.68. The lowest BCUT2D eigenvalue weighted by molar-refractivity contribution is -0.118. The molecular weight excluding hydrogens is 360 g/mol. The van der Waals surface area contributed by atoms with Gasteiger partial charge in [-0.25, -0.2) is 0 Å². The predicted molar refractivity (Wildman–Crippen MR) is 96.5 cm³/mol. The molecule has 25 heavy (non-hydrogen) atoms. The van der Waals surface area contributed by atoms with Crippen LogP contribution in [0.3, 0.4) is 0 Å². The number of carbonyl (C=O) groups excluding carboxylic acids is 1. The minimum absolute atomic E-state index is 0.0651. The van der Waals surface area contributed by atoms with Crippen LogP contribution in [-0.2, 0) is 11.3 Å². The number of nitrogens with zero attached hydrogens (tertiary/aromatic N) is 1. The molecule has 1 unspecified atom stereocenters. The maximum Gasteiger partial charge on any atom is 0.270 e. The summed E-state index contributed by atoms with van der Waals surface area (Å²) in [4.78, 5) is 13.6. The van der Waals surface area contributed by atoms with Gasteiger partial charge in [0.05, 0.1) is 23.9 Å². The lowest BCUT2D eigenvalue weighted by atomic mass is 10.0. The normalized spacial score (nSPS) is 26.4. The van der Waals surface area contributed by atoms with Gasteiger partial charge in [-0.3, -0.25) is 10.1 Å². The van der Waals surface area contributed by atoms with Crippen LogP contribution in [-0.4, -0.2) is 23.1 Å². The second-order valence-corrected chi connectivity index (χ2v) is 7.67. The molecule has 1 amide bonds. The monoisotopic (exact) mass is 378 g/mol. The minimum atomic E-state index is -0.247. The van der Waals surface area contributed by atoms with Crippen LogP contribution in [0.2, 0.25) is 0 Å².